The Morgan fingerprint density at radius 2 is 1.93 bits per heavy atom. The molecule has 2 fully saturated rings. The summed E-state index contributed by atoms with van der Waals surface area (Å²) in [6.07, 6.45) is 3.97. The minimum absolute atomic E-state index is 0.548. The van der Waals surface area contributed by atoms with E-state index in [1.807, 2.05) is 13.8 Å². The Morgan fingerprint density at radius 1 is 1.20 bits per heavy atom. The van der Waals surface area contributed by atoms with Gasteiger partial charge in [-0.05, 0) is 52.7 Å². The van der Waals surface area contributed by atoms with Crippen molar-refractivity contribution >= 4 is 0 Å². The molecular formula is C12H24N2O. The molecule has 3 heteroatoms. The number of β-amino-alcohol motifs (C(OH)–C–C–N with tert-alkyl or cyclic N) is 1. The first kappa shape index (κ1) is 11.4. The summed E-state index contributed by atoms with van der Waals surface area (Å²) in [6, 6.07) is 0.759. The average Bonchev–Trinajstić information content (AvgIpc) is 2.43. The van der Waals surface area contributed by atoms with Gasteiger partial charge in [0.05, 0.1) is 5.60 Å². The van der Waals surface area contributed by atoms with Crippen molar-refractivity contribution < 1.29 is 5.11 Å². The number of fused-ring (bicyclic) bond motifs is 1. The second kappa shape index (κ2) is 4.40. The standard InChI is InChI=1S/C12H24N2O/c1-12(2,15)10-13-6-4-8-14-7-3-5-11(14)9-13/h11,15H,3-10H2,1-2H3. The molecular weight excluding hydrogens is 188 g/mol. The smallest absolute Gasteiger partial charge is 0.0718 e. The Labute approximate surface area is 93.1 Å². The summed E-state index contributed by atoms with van der Waals surface area (Å²) in [7, 11) is 0. The lowest BCUT2D eigenvalue weighted by atomic mass is 10.1. The highest BCUT2D eigenvalue weighted by Gasteiger charge is 2.30. The van der Waals surface area contributed by atoms with Crippen LogP contribution >= 0.6 is 0 Å². The second-order valence-electron chi connectivity index (χ2n) is 5.73. The molecule has 2 rings (SSSR count). The average molecular weight is 212 g/mol. The molecule has 2 saturated heterocycles. The molecule has 2 heterocycles. The van der Waals surface area contributed by atoms with Gasteiger partial charge in [0, 0.05) is 19.1 Å². The molecule has 0 saturated carbocycles. The first-order chi connectivity index (χ1) is 7.04. The summed E-state index contributed by atoms with van der Waals surface area (Å²) in [5.41, 5.74) is -0.548. The van der Waals surface area contributed by atoms with Crippen LogP contribution in [0.15, 0.2) is 0 Å². The van der Waals surface area contributed by atoms with Crippen molar-refractivity contribution in [3.8, 4) is 0 Å². The van der Waals surface area contributed by atoms with Crippen LogP contribution < -0.4 is 0 Å². The minimum Gasteiger partial charge on any atom is -0.389 e. The van der Waals surface area contributed by atoms with Crippen LogP contribution in [-0.2, 0) is 0 Å². The number of hydrogen-bond acceptors (Lipinski definition) is 3. The number of nitrogens with zero attached hydrogens (tertiary/aromatic N) is 2. The quantitative estimate of drug-likeness (QED) is 0.737. The molecule has 1 N–H and O–H groups in total. The SMILES string of the molecule is CC(C)(O)CN1CCCN2CCCC2C1. The van der Waals surface area contributed by atoms with Crippen molar-refractivity contribution in [2.45, 2.75) is 44.8 Å². The lowest BCUT2D eigenvalue weighted by molar-refractivity contribution is 0.0343. The van der Waals surface area contributed by atoms with Crippen LogP contribution in [0.1, 0.15) is 33.1 Å². The highest BCUT2D eigenvalue weighted by Crippen LogP contribution is 2.22. The molecule has 0 bridgehead atoms. The fourth-order valence-electron chi connectivity index (χ4n) is 2.97. The molecule has 1 unspecified atom stereocenters. The molecule has 3 nitrogen and oxygen atoms in total. The van der Waals surface area contributed by atoms with Gasteiger partial charge in [-0.1, -0.05) is 0 Å². The van der Waals surface area contributed by atoms with Crippen molar-refractivity contribution in [1.29, 1.82) is 0 Å². The summed E-state index contributed by atoms with van der Waals surface area (Å²) >= 11 is 0. The Hall–Kier alpha value is -0.120. The normalized spacial score (nSPS) is 30.2. The third-order valence-electron chi connectivity index (χ3n) is 3.50. The van der Waals surface area contributed by atoms with Crippen LogP contribution in [0.3, 0.4) is 0 Å². The lowest BCUT2D eigenvalue weighted by Crippen LogP contribution is -2.43. The molecule has 0 radical (unpaired) electrons. The maximum atomic E-state index is 9.85. The molecule has 15 heavy (non-hydrogen) atoms. The van der Waals surface area contributed by atoms with Crippen molar-refractivity contribution in [3.05, 3.63) is 0 Å². The minimum atomic E-state index is -0.548. The summed E-state index contributed by atoms with van der Waals surface area (Å²) < 4.78 is 0. The van der Waals surface area contributed by atoms with Gasteiger partial charge in [-0.3, -0.25) is 9.80 Å². The Balaban J connectivity index is 1.91. The third kappa shape index (κ3) is 3.16. The van der Waals surface area contributed by atoms with E-state index in [9.17, 15) is 5.11 Å². The highest BCUT2D eigenvalue weighted by atomic mass is 16.3. The van der Waals surface area contributed by atoms with Crippen LogP contribution in [-0.4, -0.2) is 59.3 Å². The van der Waals surface area contributed by atoms with Gasteiger partial charge in [0.2, 0.25) is 0 Å². The maximum absolute atomic E-state index is 9.85. The zero-order valence-corrected chi connectivity index (χ0v) is 10.1. The van der Waals surface area contributed by atoms with Crippen LogP contribution in [0.25, 0.3) is 0 Å². The molecule has 0 aromatic rings. The van der Waals surface area contributed by atoms with Crippen molar-refractivity contribution in [2.75, 3.05) is 32.7 Å². The molecule has 0 amide bonds. The predicted molar refractivity (Wildman–Crippen MR) is 61.9 cm³/mol. The fraction of sp³-hybridized carbons (Fsp3) is 1.00. The van der Waals surface area contributed by atoms with Crippen LogP contribution in [0.5, 0.6) is 0 Å². The van der Waals surface area contributed by atoms with Gasteiger partial charge in [0.25, 0.3) is 0 Å². The van der Waals surface area contributed by atoms with E-state index in [0.29, 0.717) is 0 Å². The molecule has 1 atom stereocenters. The van der Waals surface area contributed by atoms with Gasteiger partial charge in [-0.2, -0.15) is 0 Å². The molecule has 0 aromatic heterocycles. The topological polar surface area (TPSA) is 26.7 Å². The fourth-order valence-corrected chi connectivity index (χ4v) is 2.97. The van der Waals surface area contributed by atoms with E-state index < -0.39 is 5.60 Å². The van der Waals surface area contributed by atoms with Crippen LogP contribution in [0.4, 0.5) is 0 Å². The second-order valence-corrected chi connectivity index (χ2v) is 5.73. The lowest BCUT2D eigenvalue weighted by Gasteiger charge is -2.30. The Bertz CT molecular complexity index is 212. The first-order valence-electron chi connectivity index (χ1n) is 6.23. The maximum Gasteiger partial charge on any atom is 0.0718 e. The van der Waals surface area contributed by atoms with Gasteiger partial charge in [0.15, 0.2) is 0 Å². The molecule has 0 aromatic carbocycles. The zero-order chi connectivity index (χ0) is 10.9. The largest absolute Gasteiger partial charge is 0.389 e. The van der Waals surface area contributed by atoms with E-state index in [-0.39, 0.29) is 0 Å². The Kier molecular flexibility index (Phi) is 3.33. The van der Waals surface area contributed by atoms with Crippen molar-refractivity contribution in [1.82, 2.24) is 9.80 Å². The zero-order valence-electron chi connectivity index (χ0n) is 10.1. The third-order valence-corrected chi connectivity index (χ3v) is 3.50. The first-order valence-corrected chi connectivity index (χ1v) is 6.23. The molecule has 0 aliphatic carbocycles. The van der Waals surface area contributed by atoms with E-state index in [0.717, 1.165) is 25.7 Å². The highest BCUT2D eigenvalue weighted by molar-refractivity contribution is 4.86. The van der Waals surface area contributed by atoms with Gasteiger partial charge in [-0.15, -0.1) is 0 Å². The van der Waals surface area contributed by atoms with Crippen molar-refractivity contribution in [3.63, 3.8) is 0 Å². The Morgan fingerprint density at radius 3 is 2.67 bits per heavy atom. The van der Waals surface area contributed by atoms with E-state index in [2.05, 4.69) is 9.80 Å². The summed E-state index contributed by atoms with van der Waals surface area (Å²) in [6.45, 7) is 9.49. The van der Waals surface area contributed by atoms with E-state index in [4.69, 9.17) is 0 Å². The van der Waals surface area contributed by atoms with E-state index >= 15 is 0 Å². The van der Waals surface area contributed by atoms with Crippen LogP contribution in [0.2, 0.25) is 0 Å². The molecule has 0 spiro atoms. The van der Waals surface area contributed by atoms with Gasteiger partial charge in [0.1, 0.15) is 0 Å². The number of aliphatic hydroxyl groups is 1. The monoisotopic (exact) mass is 212 g/mol. The van der Waals surface area contributed by atoms with Gasteiger partial charge >= 0.3 is 0 Å². The van der Waals surface area contributed by atoms with Gasteiger partial charge in [-0.25, -0.2) is 0 Å². The van der Waals surface area contributed by atoms with Crippen LogP contribution in [0, 0.1) is 0 Å². The molecule has 2 aliphatic rings. The summed E-state index contributed by atoms with van der Waals surface area (Å²) in [5.74, 6) is 0. The van der Waals surface area contributed by atoms with E-state index in [1.165, 1.54) is 32.4 Å². The number of rotatable bonds is 2. The van der Waals surface area contributed by atoms with E-state index in [1.54, 1.807) is 0 Å². The summed E-state index contributed by atoms with van der Waals surface area (Å²) in [4.78, 5) is 5.07. The summed E-state index contributed by atoms with van der Waals surface area (Å²) in [5, 5.41) is 9.85. The molecule has 2 aliphatic heterocycles. The van der Waals surface area contributed by atoms with Gasteiger partial charge < -0.3 is 5.11 Å². The predicted octanol–water partition coefficient (Wildman–Crippen LogP) is 0.927. The number of hydrogen-bond donors (Lipinski definition) is 1. The van der Waals surface area contributed by atoms with Crippen molar-refractivity contribution in [2.24, 2.45) is 0 Å². The molecule has 88 valence electrons.